The number of anilines is 2. The van der Waals surface area contributed by atoms with Gasteiger partial charge in [-0.15, -0.1) is 0 Å². The summed E-state index contributed by atoms with van der Waals surface area (Å²) >= 11 is 0. The number of aromatic nitrogens is 2. The molecule has 0 unspecified atom stereocenters. The van der Waals surface area contributed by atoms with Gasteiger partial charge in [-0.2, -0.15) is 4.98 Å². The molecule has 1 aromatic heterocycles. The summed E-state index contributed by atoms with van der Waals surface area (Å²) in [4.78, 5) is 34.5. The number of fused-ring (bicyclic) bond motifs is 1. The Balaban J connectivity index is 1.30. The zero-order valence-corrected chi connectivity index (χ0v) is 19.7. The fourth-order valence-corrected chi connectivity index (χ4v) is 4.50. The van der Waals surface area contributed by atoms with Crippen LogP contribution in [0.1, 0.15) is 41.6 Å². The van der Waals surface area contributed by atoms with Crippen LogP contribution in [0.4, 0.5) is 17.5 Å². The number of aryl methyl sites for hydroxylation is 1. The predicted molar refractivity (Wildman–Crippen MR) is 133 cm³/mol. The minimum atomic E-state index is -0.437. The molecule has 1 aliphatic rings. The minimum Gasteiger partial charge on any atom is -0.362 e. The maximum absolute atomic E-state index is 12.5. The van der Waals surface area contributed by atoms with Crippen LogP contribution in [0.25, 0.3) is 10.9 Å². The van der Waals surface area contributed by atoms with Crippen molar-refractivity contribution in [3.63, 3.8) is 0 Å². The summed E-state index contributed by atoms with van der Waals surface area (Å²) in [5.74, 6) is 1.74. The summed E-state index contributed by atoms with van der Waals surface area (Å²) in [6.45, 7) is 2.24. The van der Waals surface area contributed by atoms with Gasteiger partial charge in [-0.1, -0.05) is 12.1 Å². The number of benzene rings is 2. The van der Waals surface area contributed by atoms with Crippen molar-refractivity contribution >= 4 is 34.3 Å². The number of carbonyl (C=O) groups is 1. The molecule has 0 aliphatic heterocycles. The first-order chi connectivity index (χ1) is 16.3. The fourth-order valence-electron chi connectivity index (χ4n) is 4.50. The Labute approximate surface area is 198 Å². The Morgan fingerprint density at radius 1 is 1.12 bits per heavy atom. The Morgan fingerprint density at radius 3 is 2.53 bits per heavy atom. The minimum absolute atomic E-state index is 0.0236. The Bertz CT molecular complexity index is 1200. The third-order valence-corrected chi connectivity index (χ3v) is 6.39. The van der Waals surface area contributed by atoms with E-state index in [2.05, 4.69) is 10.6 Å². The number of nitrogens with one attached hydrogen (secondary N) is 2. The van der Waals surface area contributed by atoms with E-state index in [0.717, 1.165) is 42.4 Å². The number of nitrogens with zero attached hydrogens (tertiary/aromatic N) is 4. The summed E-state index contributed by atoms with van der Waals surface area (Å²) in [6.07, 6.45) is 3.94. The molecular weight excluding hydrogens is 432 g/mol. The fraction of sp³-hybridized carbons (Fsp3) is 0.400. The highest BCUT2D eigenvalue weighted by atomic mass is 16.6. The lowest BCUT2D eigenvalue weighted by Crippen LogP contribution is -2.34. The molecule has 1 amide bonds. The van der Waals surface area contributed by atoms with Gasteiger partial charge in [-0.3, -0.25) is 14.9 Å². The smallest absolute Gasteiger partial charge is 0.272 e. The molecule has 34 heavy (non-hydrogen) atoms. The van der Waals surface area contributed by atoms with Gasteiger partial charge in [-0.25, -0.2) is 4.98 Å². The summed E-state index contributed by atoms with van der Waals surface area (Å²) in [5, 5.41) is 18.5. The molecule has 0 spiro atoms. The molecule has 1 saturated carbocycles. The van der Waals surface area contributed by atoms with E-state index >= 15 is 0 Å². The van der Waals surface area contributed by atoms with Crippen molar-refractivity contribution in [2.24, 2.45) is 5.92 Å². The van der Waals surface area contributed by atoms with Crippen molar-refractivity contribution in [3.8, 4) is 0 Å². The third-order valence-electron chi connectivity index (χ3n) is 6.39. The van der Waals surface area contributed by atoms with Crippen LogP contribution in [0.15, 0.2) is 42.5 Å². The van der Waals surface area contributed by atoms with Gasteiger partial charge in [0.25, 0.3) is 11.6 Å². The third kappa shape index (κ3) is 5.24. The van der Waals surface area contributed by atoms with E-state index in [9.17, 15) is 14.9 Å². The van der Waals surface area contributed by atoms with Crippen molar-refractivity contribution in [1.82, 2.24) is 15.3 Å². The molecule has 3 aromatic rings. The van der Waals surface area contributed by atoms with Crippen LogP contribution in [-0.2, 0) is 0 Å². The highest BCUT2D eigenvalue weighted by Gasteiger charge is 2.23. The number of para-hydroxylation sites is 1. The number of rotatable bonds is 7. The number of amides is 1. The van der Waals surface area contributed by atoms with E-state index in [1.165, 1.54) is 12.1 Å². The van der Waals surface area contributed by atoms with Crippen molar-refractivity contribution in [2.45, 2.75) is 38.6 Å². The molecular formula is C25H30N6O3. The molecule has 9 heteroatoms. The molecule has 0 saturated heterocycles. The lowest BCUT2D eigenvalue weighted by Gasteiger charge is -2.29. The van der Waals surface area contributed by atoms with Crippen molar-refractivity contribution in [2.75, 3.05) is 30.9 Å². The monoisotopic (exact) mass is 462 g/mol. The number of hydrogen-bond donors (Lipinski definition) is 2. The van der Waals surface area contributed by atoms with Crippen LogP contribution in [-0.4, -0.2) is 47.5 Å². The van der Waals surface area contributed by atoms with Gasteiger partial charge < -0.3 is 15.5 Å². The van der Waals surface area contributed by atoms with E-state index in [1.807, 2.05) is 43.3 Å². The lowest BCUT2D eigenvalue weighted by atomic mass is 9.86. The quantitative estimate of drug-likeness (QED) is 0.397. The number of nitro benzene ring substituents is 1. The zero-order valence-electron chi connectivity index (χ0n) is 19.7. The van der Waals surface area contributed by atoms with E-state index in [0.29, 0.717) is 35.6 Å². The van der Waals surface area contributed by atoms with Crippen LogP contribution in [0.3, 0.4) is 0 Å². The Kier molecular flexibility index (Phi) is 6.90. The molecule has 1 aliphatic carbocycles. The van der Waals surface area contributed by atoms with Gasteiger partial charge >= 0.3 is 0 Å². The maximum Gasteiger partial charge on any atom is 0.272 e. The second-order valence-electron chi connectivity index (χ2n) is 9.11. The average Bonchev–Trinajstić information content (AvgIpc) is 2.82. The van der Waals surface area contributed by atoms with Crippen LogP contribution in [0, 0.1) is 23.0 Å². The molecule has 0 atom stereocenters. The van der Waals surface area contributed by atoms with Crippen LogP contribution in [0.2, 0.25) is 0 Å². The van der Waals surface area contributed by atoms with Crippen molar-refractivity contribution in [3.05, 3.63) is 63.7 Å². The maximum atomic E-state index is 12.5. The first-order valence-corrected chi connectivity index (χ1v) is 11.6. The molecule has 0 bridgehead atoms. The summed E-state index contributed by atoms with van der Waals surface area (Å²) in [6, 6.07) is 12.8. The van der Waals surface area contributed by atoms with Crippen molar-refractivity contribution in [1.29, 1.82) is 0 Å². The normalized spacial score (nSPS) is 17.9. The van der Waals surface area contributed by atoms with Gasteiger partial charge in [0.15, 0.2) is 0 Å². The number of nitro groups is 1. The van der Waals surface area contributed by atoms with E-state index in [-0.39, 0.29) is 11.6 Å². The zero-order chi connectivity index (χ0) is 24.2. The molecule has 2 aromatic carbocycles. The highest BCUT2D eigenvalue weighted by Crippen LogP contribution is 2.28. The van der Waals surface area contributed by atoms with Crippen LogP contribution in [0.5, 0.6) is 0 Å². The molecule has 1 heterocycles. The summed E-state index contributed by atoms with van der Waals surface area (Å²) in [5.41, 5.74) is 1.87. The summed E-state index contributed by atoms with van der Waals surface area (Å²) in [7, 11) is 3.96. The van der Waals surface area contributed by atoms with E-state index in [4.69, 9.17) is 9.97 Å². The van der Waals surface area contributed by atoms with Crippen LogP contribution < -0.4 is 15.5 Å². The SMILES string of the molecule is Cc1cc(C(=O)NC[C@H]2CC[C@@H](Nc3nc(N(C)C)c4ccccc4n3)CC2)ccc1[N+](=O)[O-]. The predicted octanol–water partition coefficient (Wildman–Crippen LogP) is 4.31. The molecule has 2 N–H and O–H groups in total. The van der Waals surface area contributed by atoms with Gasteiger partial charge in [0.1, 0.15) is 5.82 Å². The number of hydrogen-bond acceptors (Lipinski definition) is 7. The molecule has 0 radical (unpaired) electrons. The Hall–Kier alpha value is -3.75. The molecule has 9 nitrogen and oxygen atoms in total. The molecule has 178 valence electrons. The topological polar surface area (TPSA) is 113 Å². The standard InChI is InChI=1S/C25H30N6O3/c1-16-14-18(10-13-22(16)31(33)34)24(32)26-15-17-8-11-19(12-9-17)27-25-28-21-7-5-4-6-20(21)23(29-25)30(2)3/h4-7,10,13-14,17,19H,8-9,11-12,15H2,1-3H3,(H,26,32)(H,27,28,29)/t17-,19+. The van der Waals surface area contributed by atoms with Crippen LogP contribution >= 0.6 is 0 Å². The van der Waals surface area contributed by atoms with Crippen molar-refractivity contribution < 1.29 is 9.72 Å². The second kappa shape index (κ2) is 10.0. The summed E-state index contributed by atoms with van der Waals surface area (Å²) < 4.78 is 0. The average molecular weight is 463 g/mol. The first-order valence-electron chi connectivity index (χ1n) is 11.6. The lowest BCUT2D eigenvalue weighted by molar-refractivity contribution is -0.385. The van der Waals surface area contributed by atoms with Gasteiger partial charge in [0.2, 0.25) is 5.95 Å². The first kappa shape index (κ1) is 23.4. The number of carbonyl (C=O) groups excluding carboxylic acids is 1. The van der Waals surface area contributed by atoms with Gasteiger partial charge in [-0.05, 0) is 62.8 Å². The van der Waals surface area contributed by atoms with Gasteiger partial charge in [0, 0.05) is 49.3 Å². The highest BCUT2D eigenvalue weighted by molar-refractivity contribution is 5.94. The van der Waals surface area contributed by atoms with E-state index < -0.39 is 4.92 Å². The molecule has 1 fully saturated rings. The molecule has 4 rings (SSSR count). The second-order valence-corrected chi connectivity index (χ2v) is 9.11. The van der Waals surface area contributed by atoms with Gasteiger partial charge in [0.05, 0.1) is 10.4 Å². The largest absolute Gasteiger partial charge is 0.362 e. The Morgan fingerprint density at radius 2 is 1.85 bits per heavy atom. The van der Waals surface area contributed by atoms with E-state index in [1.54, 1.807) is 13.0 Å².